The largest absolute Gasteiger partial charge is 0.388 e. The number of hydrogen-bond donors (Lipinski definition) is 1. The highest BCUT2D eigenvalue weighted by molar-refractivity contribution is 7.80. The molecular weight excluding hydrogens is 258 g/mol. The van der Waals surface area contributed by atoms with Gasteiger partial charge < -0.3 is 5.73 Å². The Kier molecular flexibility index (Phi) is 3.02. The van der Waals surface area contributed by atoms with Crippen LogP contribution in [0.15, 0.2) is 12.4 Å². The summed E-state index contributed by atoms with van der Waals surface area (Å²) in [6.45, 7) is 1.91. The molecule has 5 nitrogen and oxygen atoms in total. The van der Waals surface area contributed by atoms with E-state index >= 15 is 0 Å². The van der Waals surface area contributed by atoms with Gasteiger partial charge in [-0.15, -0.1) is 0 Å². The second-order valence-electron chi connectivity index (χ2n) is 4.77. The van der Waals surface area contributed by atoms with Gasteiger partial charge in [0, 0.05) is 11.4 Å². The van der Waals surface area contributed by atoms with Crippen LogP contribution in [0.1, 0.15) is 35.6 Å². The summed E-state index contributed by atoms with van der Waals surface area (Å²) in [5.74, 6) is 0.610. The molecule has 19 heavy (non-hydrogen) atoms. The minimum absolute atomic E-state index is 0.292. The lowest BCUT2D eigenvalue weighted by atomic mass is 10.0. The molecular formula is C13H15N5S. The van der Waals surface area contributed by atoms with Crippen LogP contribution in [0.3, 0.4) is 0 Å². The third-order valence-electron chi connectivity index (χ3n) is 3.34. The highest BCUT2D eigenvalue weighted by Gasteiger charge is 2.18. The summed E-state index contributed by atoms with van der Waals surface area (Å²) in [7, 11) is 0. The summed E-state index contributed by atoms with van der Waals surface area (Å²) in [6.07, 6.45) is 6.25. The van der Waals surface area contributed by atoms with E-state index in [0.29, 0.717) is 16.6 Å². The molecule has 1 aliphatic carbocycles. The van der Waals surface area contributed by atoms with Gasteiger partial charge in [0.25, 0.3) is 0 Å². The van der Waals surface area contributed by atoms with E-state index in [1.54, 1.807) is 12.4 Å². The number of nitrogens with two attached hydrogens (primary N) is 1. The van der Waals surface area contributed by atoms with Gasteiger partial charge in [-0.05, 0) is 38.7 Å². The van der Waals surface area contributed by atoms with E-state index in [4.69, 9.17) is 18.0 Å². The molecule has 3 rings (SSSR count). The van der Waals surface area contributed by atoms with Crippen molar-refractivity contribution in [3.05, 3.63) is 35.2 Å². The van der Waals surface area contributed by atoms with Gasteiger partial charge in [0.15, 0.2) is 0 Å². The van der Waals surface area contributed by atoms with Crippen molar-refractivity contribution in [3.8, 4) is 5.95 Å². The van der Waals surface area contributed by atoms with Crippen molar-refractivity contribution in [2.75, 3.05) is 0 Å². The molecule has 0 saturated carbocycles. The molecule has 0 fully saturated rings. The number of thiocarbonyl (C=S) groups is 1. The van der Waals surface area contributed by atoms with Gasteiger partial charge in [-0.1, -0.05) is 12.2 Å². The zero-order valence-electron chi connectivity index (χ0n) is 10.8. The SMILES string of the molecule is Cc1cc(C(N)=S)nc(-n2cnc3c2CCCC3)n1. The van der Waals surface area contributed by atoms with Crippen molar-refractivity contribution >= 4 is 17.2 Å². The lowest BCUT2D eigenvalue weighted by molar-refractivity contribution is 0.651. The van der Waals surface area contributed by atoms with Gasteiger partial charge in [-0.3, -0.25) is 4.57 Å². The fraction of sp³-hybridized carbons (Fsp3) is 0.385. The summed E-state index contributed by atoms with van der Waals surface area (Å²) in [5, 5.41) is 0. The third-order valence-corrected chi connectivity index (χ3v) is 3.55. The topological polar surface area (TPSA) is 69.6 Å². The Morgan fingerprint density at radius 1 is 1.32 bits per heavy atom. The van der Waals surface area contributed by atoms with Crippen LogP contribution >= 0.6 is 12.2 Å². The molecule has 0 radical (unpaired) electrons. The first-order valence-electron chi connectivity index (χ1n) is 6.36. The molecule has 6 heteroatoms. The van der Waals surface area contributed by atoms with Gasteiger partial charge in [0.05, 0.1) is 5.69 Å². The van der Waals surface area contributed by atoms with E-state index in [1.165, 1.54) is 18.5 Å². The maximum Gasteiger partial charge on any atom is 0.236 e. The standard InChI is InChI=1S/C13H15N5S/c1-8-6-10(12(14)19)17-13(16-8)18-7-15-9-4-2-3-5-11(9)18/h6-7H,2-5H2,1H3,(H2,14,19). The molecule has 0 saturated heterocycles. The molecule has 2 N–H and O–H groups in total. The maximum atomic E-state index is 5.66. The molecule has 98 valence electrons. The normalized spacial score (nSPS) is 14.2. The first-order valence-corrected chi connectivity index (χ1v) is 6.77. The zero-order chi connectivity index (χ0) is 13.4. The predicted octanol–water partition coefficient (Wildman–Crippen LogP) is 1.48. The Labute approximate surface area is 116 Å². The van der Waals surface area contributed by atoms with Crippen molar-refractivity contribution in [2.45, 2.75) is 32.6 Å². The molecule has 2 aromatic heterocycles. The minimum Gasteiger partial charge on any atom is -0.388 e. The van der Waals surface area contributed by atoms with Crippen LogP contribution in [-0.4, -0.2) is 24.5 Å². The fourth-order valence-corrected chi connectivity index (χ4v) is 2.53. The van der Waals surface area contributed by atoms with Crippen molar-refractivity contribution in [3.63, 3.8) is 0 Å². The van der Waals surface area contributed by atoms with Crippen LogP contribution in [0.5, 0.6) is 0 Å². The molecule has 0 unspecified atom stereocenters. The quantitative estimate of drug-likeness (QED) is 0.839. The number of nitrogens with zero attached hydrogens (tertiary/aromatic N) is 4. The summed E-state index contributed by atoms with van der Waals surface area (Å²) in [4.78, 5) is 13.6. The fourth-order valence-electron chi connectivity index (χ4n) is 2.43. The predicted molar refractivity (Wildman–Crippen MR) is 76.4 cm³/mol. The van der Waals surface area contributed by atoms with Crippen molar-refractivity contribution < 1.29 is 0 Å². The summed E-state index contributed by atoms with van der Waals surface area (Å²) < 4.78 is 1.96. The van der Waals surface area contributed by atoms with Crippen LogP contribution in [-0.2, 0) is 12.8 Å². The highest BCUT2D eigenvalue weighted by atomic mass is 32.1. The molecule has 0 aliphatic heterocycles. The highest BCUT2D eigenvalue weighted by Crippen LogP contribution is 2.21. The lowest BCUT2D eigenvalue weighted by Crippen LogP contribution is -2.16. The van der Waals surface area contributed by atoms with Crippen LogP contribution in [0.4, 0.5) is 0 Å². The van der Waals surface area contributed by atoms with Crippen LogP contribution in [0.2, 0.25) is 0 Å². The van der Waals surface area contributed by atoms with Gasteiger partial charge in [-0.25, -0.2) is 15.0 Å². The van der Waals surface area contributed by atoms with E-state index in [-0.39, 0.29) is 0 Å². The molecule has 0 amide bonds. The van der Waals surface area contributed by atoms with E-state index < -0.39 is 0 Å². The number of hydrogen-bond acceptors (Lipinski definition) is 4. The number of rotatable bonds is 2. The first kappa shape index (κ1) is 12.2. The summed E-state index contributed by atoms with van der Waals surface area (Å²) in [5.41, 5.74) is 9.49. The Bertz CT molecular complexity index is 646. The molecule has 0 spiro atoms. The third kappa shape index (κ3) is 2.23. The van der Waals surface area contributed by atoms with Crippen molar-refractivity contribution in [1.29, 1.82) is 0 Å². The van der Waals surface area contributed by atoms with Gasteiger partial charge in [-0.2, -0.15) is 0 Å². The zero-order valence-corrected chi connectivity index (χ0v) is 11.6. The van der Waals surface area contributed by atoms with Gasteiger partial charge >= 0.3 is 0 Å². The molecule has 1 aliphatic rings. The number of fused-ring (bicyclic) bond motifs is 1. The van der Waals surface area contributed by atoms with E-state index in [0.717, 1.165) is 24.2 Å². The van der Waals surface area contributed by atoms with E-state index in [9.17, 15) is 0 Å². The molecule has 0 bridgehead atoms. The van der Waals surface area contributed by atoms with E-state index in [2.05, 4.69) is 15.0 Å². The number of aromatic nitrogens is 4. The van der Waals surface area contributed by atoms with Crippen molar-refractivity contribution in [2.24, 2.45) is 5.73 Å². The average Bonchev–Trinajstić information content (AvgIpc) is 2.81. The Morgan fingerprint density at radius 3 is 2.89 bits per heavy atom. The first-order chi connectivity index (χ1) is 9.15. The monoisotopic (exact) mass is 273 g/mol. The summed E-state index contributed by atoms with van der Waals surface area (Å²) in [6, 6.07) is 1.80. The van der Waals surface area contributed by atoms with E-state index in [1.807, 2.05) is 11.5 Å². The molecule has 2 aromatic rings. The molecule has 0 aromatic carbocycles. The average molecular weight is 273 g/mol. The molecule has 2 heterocycles. The van der Waals surface area contributed by atoms with Crippen LogP contribution in [0.25, 0.3) is 5.95 Å². The Hall–Kier alpha value is -1.82. The molecule has 0 atom stereocenters. The van der Waals surface area contributed by atoms with Crippen molar-refractivity contribution in [1.82, 2.24) is 19.5 Å². The maximum absolute atomic E-state index is 5.66. The number of aryl methyl sites for hydroxylation is 2. The van der Waals surface area contributed by atoms with Gasteiger partial charge in [0.2, 0.25) is 5.95 Å². The second kappa shape index (κ2) is 4.70. The Morgan fingerprint density at radius 2 is 2.11 bits per heavy atom. The summed E-state index contributed by atoms with van der Waals surface area (Å²) >= 11 is 4.99. The van der Waals surface area contributed by atoms with Gasteiger partial charge in [0.1, 0.15) is 17.0 Å². The van der Waals surface area contributed by atoms with Crippen LogP contribution in [0, 0.1) is 6.92 Å². The Balaban J connectivity index is 2.11. The minimum atomic E-state index is 0.292. The second-order valence-corrected chi connectivity index (χ2v) is 5.21. The lowest BCUT2D eigenvalue weighted by Gasteiger charge is -2.13. The van der Waals surface area contributed by atoms with Crippen LogP contribution < -0.4 is 5.73 Å². The number of imidazole rings is 1. The smallest absolute Gasteiger partial charge is 0.236 e.